The van der Waals surface area contributed by atoms with E-state index in [4.69, 9.17) is 20.9 Å². The Morgan fingerprint density at radius 1 is 0.974 bits per heavy atom. The number of fused-ring (bicyclic) bond motifs is 1. The Kier molecular flexibility index (Phi) is 9.80. The molecular formula is C26H32N4O7S. The molecule has 0 unspecified atom stereocenters. The Morgan fingerprint density at radius 3 is 2.11 bits per heavy atom. The second-order valence-electron chi connectivity index (χ2n) is 9.29. The number of guanidine groups is 1. The first-order chi connectivity index (χ1) is 17.6. The second-order valence-corrected chi connectivity index (χ2v) is 10.7. The van der Waals surface area contributed by atoms with E-state index in [1.807, 2.05) is 19.1 Å². The molecule has 1 atom stereocenters. The Hall–Kier alpha value is -4.16. The summed E-state index contributed by atoms with van der Waals surface area (Å²) >= 11 is 0. The van der Waals surface area contributed by atoms with Gasteiger partial charge in [0.15, 0.2) is 0 Å². The molecule has 0 aliphatic carbocycles. The minimum Gasteiger partial charge on any atom is -0.744 e. The molecule has 0 saturated heterocycles. The molecule has 0 aliphatic heterocycles. The number of aryl methyl sites for hydroxylation is 1. The van der Waals surface area contributed by atoms with Gasteiger partial charge in [0.25, 0.3) is 0 Å². The minimum atomic E-state index is -4.27. The van der Waals surface area contributed by atoms with Gasteiger partial charge in [-0.3, -0.25) is 11.5 Å². The van der Waals surface area contributed by atoms with Crippen LogP contribution in [-0.4, -0.2) is 42.6 Å². The molecule has 11 nitrogen and oxygen atoms in total. The van der Waals surface area contributed by atoms with Gasteiger partial charge in [0.1, 0.15) is 33.2 Å². The maximum Gasteiger partial charge on any atom is 0.408 e. The van der Waals surface area contributed by atoms with Crippen LogP contribution in [0.25, 0.3) is 10.8 Å². The summed E-state index contributed by atoms with van der Waals surface area (Å²) in [7, 11) is -4.27. The summed E-state index contributed by atoms with van der Waals surface area (Å²) in [6.45, 7) is 8.56. The van der Waals surface area contributed by atoms with Crippen molar-refractivity contribution in [2.24, 2.45) is 11.5 Å². The Morgan fingerprint density at radius 2 is 1.55 bits per heavy atom. The smallest absolute Gasteiger partial charge is 0.408 e. The van der Waals surface area contributed by atoms with E-state index in [2.05, 4.69) is 10.3 Å². The summed E-state index contributed by atoms with van der Waals surface area (Å²) in [5.41, 5.74) is 12.0. The lowest BCUT2D eigenvalue weighted by Crippen LogP contribution is -2.72. The summed E-state index contributed by atoms with van der Waals surface area (Å²) in [6, 6.07) is 15.6. The highest BCUT2D eigenvalue weighted by Gasteiger charge is 2.23. The van der Waals surface area contributed by atoms with Gasteiger partial charge in [-0.25, -0.2) is 23.0 Å². The first-order valence-electron chi connectivity index (χ1n) is 11.5. The van der Waals surface area contributed by atoms with Gasteiger partial charge in [-0.2, -0.15) is 0 Å². The molecule has 0 radical (unpaired) electrons. The van der Waals surface area contributed by atoms with Gasteiger partial charge in [0, 0.05) is 10.8 Å². The van der Waals surface area contributed by atoms with Gasteiger partial charge in [-0.15, -0.1) is 0 Å². The zero-order valence-electron chi connectivity index (χ0n) is 21.8. The van der Waals surface area contributed by atoms with Crippen LogP contribution in [0.3, 0.4) is 0 Å². The van der Waals surface area contributed by atoms with Crippen molar-refractivity contribution in [1.29, 1.82) is 0 Å². The lowest BCUT2D eigenvalue weighted by molar-refractivity contribution is -0.354. The van der Waals surface area contributed by atoms with Gasteiger partial charge >= 0.3 is 18.0 Å². The molecule has 0 heterocycles. The fourth-order valence-electron chi connectivity index (χ4n) is 3.08. The number of alkyl carbamates (subject to hydrolysis) is 1. The van der Waals surface area contributed by atoms with Crippen LogP contribution in [0, 0.1) is 6.92 Å². The van der Waals surface area contributed by atoms with E-state index in [1.54, 1.807) is 57.2 Å². The van der Waals surface area contributed by atoms with Crippen molar-refractivity contribution in [3.8, 4) is 5.75 Å². The van der Waals surface area contributed by atoms with Crippen molar-refractivity contribution in [2.75, 3.05) is 0 Å². The van der Waals surface area contributed by atoms with Crippen molar-refractivity contribution in [3.63, 3.8) is 0 Å². The van der Waals surface area contributed by atoms with Gasteiger partial charge in [0.2, 0.25) is 0 Å². The number of rotatable bonds is 5. The fraction of sp³-hybridized carbons (Fsp3) is 0.269. The summed E-state index contributed by atoms with van der Waals surface area (Å²) in [4.78, 5) is 26.9. The number of amides is 1. The molecule has 3 aromatic rings. The van der Waals surface area contributed by atoms with Crippen LogP contribution in [0.15, 0.2) is 65.6 Å². The van der Waals surface area contributed by atoms with Crippen LogP contribution >= 0.6 is 0 Å². The molecule has 0 fully saturated rings. The van der Waals surface area contributed by atoms with Gasteiger partial charge in [0.05, 0.1) is 4.90 Å². The third-order valence-electron chi connectivity index (χ3n) is 4.77. The summed E-state index contributed by atoms with van der Waals surface area (Å²) in [5.74, 6) is -0.203. The standard InChI is InChI=1S/C19H24N4O4.C7H8O3S/c1-11(22-18(25)27-19(2,3)4)16(24)26-15-10-6-7-12-13(15)8-5-9-14(12)23-17(20)21;1-6-2-4-7(5-3-6)11(8,9)10/h5-11H,1-4H3,(H,22,25)(H4,20,21,23);2-5H,1H3,(H,8,9,10)/t11-;/m0./s1. The number of carbonyl (C=O) groups excluding carboxylic acids is 2. The monoisotopic (exact) mass is 544 g/mol. The summed E-state index contributed by atoms with van der Waals surface area (Å²) in [6.07, 6.45) is -0.690. The number of esters is 1. The summed E-state index contributed by atoms with van der Waals surface area (Å²) in [5, 5.41) is 3.93. The second kappa shape index (κ2) is 12.4. The third kappa shape index (κ3) is 9.37. The molecule has 38 heavy (non-hydrogen) atoms. The number of benzene rings is 3. The maximum atomic E-state index is 12.4. The topological polar surface area (TPSA) is 188 Å². The average Bonchev–Trinajstić information content (AvgIpc) is 2.78. The van der Waals surface area contributed by atoms with Crippen LogP contribution in [0.4, 0.5) is 10.5 Å². The Balaban J connectivity index is 0.000000384. The highest BCUT2D eigenvalue weighted by atomic mass is 32.2. The van der Waals surface area contributed by atoms with E-state index in [9.17, 15) is 22.6 Å². The first-order valence-corrected chi connectivity index (χ1v) is 12.9. The molecule has 12 heteroatoms. The molecule has 3 rings (SSSR count). The minimum absolute atomic E-state index is 0.0556. The lowest BCUT2D eigenvalue weighted by Gasteiger charge is -2.21. The van der Waals surface area contributed by atoms with Crippen molar-refractivity contribution >= 4 is 44.6 Å². The molecule has 0 spiro atoms. The van der Waals surface area contributed by atoms with Crippen LogP contribution in [0.2, 0.25) is 0 Å². The van der Waals surface area contributed by atoms with Crippen LogP contribution in [0.1, 0.15) is 33.3 Å². The molecule has 0 bridgehead atoms. The van der Waals surface area contributed by atoms with Crippen LogP contribution in [0.5, 0.6) is 5.75 Å². The molecular weight excluding hydrogens is 512 g/mol. The number of ether oxygens (including phenoxy) is 2. The first kappa shape index (κ1) is 30.1. The van der Waals surface area contributed by atoms with E-state index >= 15 is 0 Å². The Labute approximate surface area is 221 Å². The SMILES string of the molecule is C[C@H](NC(=O)OC(C)(C)C)C(=O)Oc1cccc2c([NH+]=C(N)N)cccc12.Cc1ccc(S(=O)(=O)[O-])cc1. The quantitative estimate of drug-likeness (QED) is 0.121. The normalized spacial score (nSPS) is 11.9. The average molecular weight is 545 g/mol. The molecule has 1 amide bonds. The van der Waals surface area contributed by atoms with Crippen molar-refractivity contribution in [3.05, 3.63) is 66.2 Å². The zero-order chi connectivity index (χ0) is 28.7. The predicted molar refractivity (Wildman–Crippen MR) is 142 cm³/mol. The number of nitrogens with two attached hydrogens (primary N) is 2. The predicted octanol–water partition coefficient (Wildman–Crippen LogP) is 1.54. The molecule has 6 N–H and O–H groups in total. The highest BCUT2D eigenvalue weighted by molar-refractivity contribution is 7.85. The number of hydrogen-bond acceptors (Lipinski definition) is 7. The van der Waals surface area contributed by atoms with E-state index in [1.165, 1.54) is 19.1 Å². The molecule has 0 saturated carbocycles. The summed E-state index contributed by atoms with van der Waals surface area (Å²) < 4.78 is 41.8. The van der Waals surface area contributed by atoms with Crippen molar-refractivity contribution < 1.29 is 37.0 Å². The number of carbonyl (C=O) groups is 2. The number of hydrogen-bond donors (Lipinski definition) is 4. The van der Waals surface area contributed by atoms with Crippen LogP contribution < -0.4 is 26.5 Å². The molecule has 3 aromatic carbocycles. The van der Waals surface area contributed by atoms with E-state index in [0.29, 0.717) is 16.8 Å². The number of nitrogens with one attached hydrogen (secondary N) is 2. The highest BCUT2D eigenvalue weighted by Crippen LogP contribution is 2.29. The van der Waals surface area contributed by atoms with Gasteiger partial charge < -0.3 is 19.3 Å². The molecule has 0 aliphatic rings. The lowest BCUT2D eigenvalue weighted by atomic mass is 10.1. The van der Waals surface area contributed by atoms with Crippen LogP contribution in [-0.2, 0) is 19.6 Å². The Bertz CT molecular complexity index is 1430. The third-order valence-corrected chi connectivity index (χ3v) is 5.62. The zero-order valence-corrected chi connectivity index (χ0v) is 22.6. The van der Waals surface area contributed by atoms with E-state index in [-0.39, 0.29) is 10.9 Å². The van der Waals surface area contributed by atoms with E-state index < -0.39 is 33.8 Å². The maximum absolute atomic E-state index is 12.4. The van der Waals surface area contributed by atoms with Crippen molar-refractivity contribution in [2.45, 2.75) is 51.2 Å². The van der Waals surface area contributed by atoms with Gasteiger partial charge in [-0.05, 0) is 58.9 Å². The van der Waals surface area contributed by atoms with Crippen molar-refractivity contribution in [1.82, 2.24) is 5.32 Å². The van der Waals surface area contributed by atoms with E-state index in [0.717, 1.165) is 10.9 Å². The molecule has 0 aromatic heterocycles. The molecule has 204 valence electrons. The van der Waals surface area contributed by atoms with Gasteiger partial charge in [-0.1, -0.05) is 42.0 Å². The largest absolute Gasteiger partial charge is 0.744 e. The fourth-order valence-corrected chi connectivity index (χ4v) is 3.55.